The molecule has 1 amide bonds. The fraction of sp³-hybridized carbons (Fsp3) is 0.333. The number of nitrogens with one attached hydrogen (secondary N) is 1. The number of anilines is 1. The van der Waals surface area contributed by atoms with Crippen LogP contribution in [0.1, 0.15) is 23.3 Å². The smallest absolute Gasteiger partial charge is 0.270 e. The van der Waals surface area contributed by atoms with Crippen molar-refractivity contribution < 1.29 is 4.79 Å². The van der Waals surface area contributed by atoms with E-state index in [9.17, 15) is 4.79 Å². The number of carbonyl (C=O) groups excluding carboxylic acids is 1. The molecule has 0 saturated carbocycles. The Hall–Kier alpha value is -2.21. The van der Waals surface area contributed by atoms with Gasteiger partial charge >= 0.3 is 0 Å². The Morgan fingerprint density at radius 1 is 1.32 bits per heavy atom. The van der Waals surface area contributed by atoms with Crippen LogP contribution in [0.5, 0.6) is 0 Å². The molecule has 2 aromatic heterocycles. The molecule has 7 heteroatoms. The van der Waals surface area contributed by atoms with Crippen molar-refractivity contribution in [1.29, 1.82) is 0 Å². The third-order valence-electron chi connectivity index (χ3n) is 3.61. The van der Waals surface area contributed by atoms with Crippen molar-refractivity contribution in [2.24, 2.45) is 0 Å². The fourth-order valence-electron chi connectivity index (χ4n) is 2.54. The van der Waals surface area contributed by atoms with E-state index in [1.165, 1.54) is 6.33 Å². The van der Waals surface area contributed by atoms with E-state index in [0.29, 0.717) is 10.7 Å². The number of hydrogen-bond donors (Lipinski definition) is 1. The highest BCUT2D eigenvalue weighted by molar-refractivity contribution is 6.30. The SMILES string of the molecule is O=C(NC1CCCN(c2ccc(Cl)cn2)C1)c1ccncn1. The van der Waals surface area contributed by atoms with Crippen LogP contribution in [-0.4, -0.2) is 40.0 Å². The highest BCUT2D eigenvalue weighted by Gasteiger charge is 2.23. The van der Waals surface area contributed by atoms with Crippen LogP contribution in [0, 0.1) is 0 Å². The van der Waals surface area contributed by atoms with E-state index in [1.807, 2.05) is 12.1 Å². The maximum atomic E-state index is 12.1. The molecule has 0 bridgehead atoms. The van der Waals surface area contributed by atoms with Crippen LogP contribution in [0.4, 0.5) is 5.82 Å². The maximum Gasteiger partial charge on any atom is 0.270 e. The first-order chi connectivity index (χ1) is 10.7. The van der Waals surface area contributed by atoms with Gasteiger partial charge in [0.15, 0.2) is 0 Å². The lowest BCUT2D eigenvalue weighted by Gasteiger charge is -2.33. The molecule has 1 atom stereocenters. The molecule has 1 fully saturated rings. The summed E-state index contributed by atoms with van der Waals surface area (Å²) in [7, 11) is 0. The van der Waals surface area contributed by atoms with E-state index in [2.05, 4.69) is 25.2 Å². The van der Waals surface area contributed by atoms with Crippen LogP contribution in [-0.2, 0) is 0 Å². The number of pyridine rings is 1. The van der Waals surface area contributed by atoms with Gasteiger partial charge in [0, 0.05) is 31.5 Å². The number of aromatic nitrogens is 3. The molecule has 0 aliphatic carbocycles. The Morgan fingerprint density at radius 3 is 2.95 bits per heavy atom. The summed E-state index contributed by atoms with van der Waals surface area (Å²) in [6, 6.07) is 5.41. The molecule has 22 heavy (non-hydrogen) atoms. The summed E-state index contributed by atoms with van der Waals surface area (Å²) in [6.45, 7) is 1.65. The molecule has 3 rings (SSSR count). The van der Waals surface area contributed by atoms with Crippen molar-refractivity contribution in [1.82, 2.24) is 20.3 Å². The number of carbonyl (C=O) groups is 1. The van der Waals surface area contributed by atoms with Gasteiger partial charge in [0.1, 0.15) is 17.8 Å². The maximum absolute atomic E-state index is 12.1. The molecule has 1 aliphatic heterocycles. The summed E-state index contributed by atoms with van der Waals surface area (Å²) in [5.74, 6) is 0.712. The second-order valence-corrected chi connectivity index (χ2v) is 5.62. The molecule has 1 aliphatic rings. The summed E-state index contributed by atoms with van der Waals surface area (Å²) < 4.78 is 0. The Morgan fingerprint density at radius 2 is 2.23 bits per heavy atom. The van der Waals surface area contributed by atoms with Crippen molar-refractivity contribution in [3.05, 3.63) is 47.6 Å². The minimum Gasteiger partial charge on any atom is -0.355 e. The summed E-state index contributed by atoms with van der Waals surface area (Å²) in [4.78, 5) is 26.4. The Labute approximate surface area is 133 Å². The standard InChI is InChI=1S/C15H16ClN5O/c16-11-3-4-14(18-8-11)21-7-1-2-12(9-21)20-15(22)13-5-6-17-10-19-13/h3-6,8,10,12H,1-2,7,9H2,(H,20,22). The lowest BCUT2D eigenvalue weighted by molar-refractivity contribution is 0.0928. The van der Waals surface area contributed by atoms with Crippen LogP contribution in [0.3, 0.4) is 0 Å². The number of nitrogens with zero attached hydrogens (tertiary/aromatic N) is 4. The van der Waals surface area contributed by atoms with Crippen LogP contribution < -0.4 is 10.2 Å². The minimum absolute atomic E-state index is 0.0775. The quantitative estimate of drug-likeness (QED) is 0.936. The topological polar surface area (TPSA) is 71.0 Å². The fourth-order valence-corrected chi connectivity index (χ4v) is 2.65. The third-order valence-corrected chi connectivity index (χ3v) is 3.83. The lowest BCUT2D eigenvalue weighted by atomic mass is 10.1. The van der Waals surface area contributed by atoms with Crippen LogP contribution in [0.2, 0.25) is 5.02 Å². The van der Waals surface area contributed by atoms with Crippen molar-refractivity contribution in [3.8, 4) is 0 Å². The third kappa shape index (κ3) is 3.51. The van der Waals surface area contributed by atoms with Crippen molar-refractivity contribution >= 4 is 23.3 Å². The molecule has 0 radical (unpaired) electrons. The molecule has 1 N–H and O–H groups in total. The predicted octanol–water partition coefficient (Wildman–Crippen LogP) is 1.92. The summed E-state index contributed by atoms with van der Waals surface area (Å²) in [5.41, 5.74) is 0.386. The number of rotatable bonds is 3. The van der Waals surface area contributed by atoms with Gasteiger partial charge in [-0.25, -0.2) is 15.0 Å². The van der Waals surface area contributed by atoms with Gasteiger partial charge in [-0.1, -0.05) is 11.6 Å². The minimum atomic E-state index is -0.168. The number of piperidine rings is 1. The highest BCUT2D eigenvalue weighted by atomic mass is 35.5. The molecule has 6 nitrogen and oxygen atoms in total. The summed E-state index contributed by atoms with van der Waals surface area (Å²) in [6.07, 6.45) is 6.52. The van der Waals surface area contributed by atoms with Gasteiger partial charge in [0.05, 0.1) is 5.02 Å². The molecule has 0 spiro atoms. The first kappa shape index (κ1) is 14.7. The van der Waals surface area contributed by atoms with Gasteiger partial charge < -0.3 is 10.2 Å². The van der Waals surface area contributed by atoms with Crippen molar-refractivity contribution in [2.45, 2.75) is 18.9 Å². The zero-order valence-electron chi connectivity index (χ0n) is 11.9. The second-order valence-electron chi connectivity index (χ2n) is 5.19. The zero-order chi connectivity index (χ0) is 15.4. The van der Waals surface area contributed by atoms with Gasteiger partial charge in [-0.2, -0.15) is 0 Å². The molecular formula is C15H16ClN5O. The average molecular weight is 318 g/mol. The summed E-state index contributed by atoms with van der Waals surface area (Å²) in [5, 5.41) is 3.64. The van der Waals surface area contributed by atoms with Crippen LogP contribution in [0.25, 0.3) is 0 Å². The van der Waals surface area contributed by atoms with Crippen LogP contribution in [0.15, 0.2) is 36.9 Å². The molecular weight excluding hydrogens is 302 g/mol. The van der Waals surface area contributed by atoms with Gasteiger partial charge in [-0.3, -0.25) is 4.79 Å². The number of halogens is 1. The van der Waals surface area contributed by atoms with Gasteiger partial charge in [0.2, 0.25) is 0 Å². The number of hydrogen-bond acceptors (Lipinski definition) is 5. The Bertz CT molecular complexity index is 634. The first-order valence-corrected chi connectivity index (χ1v) is 7.53. The first-order valence-electron chi connectivity index (χ1n) is 7.16. The van der Waals surface area contributed by atoms with Gasteiger partial charge in [-0.15, -0.1) is 0 Å². The second kappa shape index (κ2) is 6.70. The average Bonchev–Trinajstić information content (AvgIpc) is 2.56. The molecule has 1 saturated heterocycles. The molecule has 114 valence electrons. The monoisotopic (exact) mass is 317 g/mol. The number of amides is 1. The van der Waals surface area contributed by atoms with Gasteiger partial charge in [0.25, 0.3) is 5.91 Å². The predicted molar refractivity (Wildman–Crippen MR) is 84.0 cm³/mol. The largest absolute Gasteiger partial charge is 0.355 e. The van der Waals surface area contributed by atoms with Crippen molar-refractivity contribution in [2.75, 3.05) is 18.0 Å². The van der Waals surface area contributed by atoms with E-state index >= 15 is 0 Å². The van der Waals surface area contributed by atoms with E-state index in [1.54, 1.807) is 18.5 Å². The van der Waals surface area contributed by atoms with Gasteiger partial charge in [-0.05, 0) is 31.0 Å². The summed E-state index contributed by atoms with van der Waals surface area (Å²) >= 11 is 5.87. The normalized spacial score (nSPS) is 18.0. The molecule has 3 heterocycles. The lowest BCUT2D eigenvalue weighted by Crippen LogP contribution is -2.48. The van der Waals surface area contributed by atoms with E-state index in [0.717, 1.165) is 31.7 Å². The van der Waals surface area contributed by atoms with E-state index < -0.39 is 0 Å². The van der Waals surface area contributed by atoms with Crippen LogP contribution >= 0.6 is 11.6 Å². The van der Waals surface area contributed by atoms with Crippen molar-refractivity contribution in [3.63, 3.8) is 0 Å². The molecule has 1 unspecified atom stereocenters. The molecule has 2 aromatic rings. The zero-order valence-corrected chi connectivity index (χ0v) is 12.7. The Kier molecular flexibility index (Phi) is 4.48. The highest BCUT2D eigenvalue weighted by Crippen LogP contribution is 2.19. The van der Waals surface area contributed by atoms with E-state index in [-0.39, 0.29) is 11.9 Å². The molecule has 0 aromatic carbocycles. The Balaban J connectivity index is 1.63. The van der Waals surface area contributed by atoms with E-state index in [4.69, 9.17) is 11.6 Å².